The van der Waals surface area contributed by atoms with E-state index in [0.717, 1.165) is 21.7 Å². The highest BCUT2D eigenvalue weighted by molar-refractivity contribution is 7.89. The van der Waals surface area contributed by atoms with Crippen LogP contribution in [0.2, 0.25) is 5.02 Å². The van der Waals surface area contributed by atoms with E-state index in [4.69, 9.17) is 22.1 Å². The number of nitrogens with one attached hydrogen (secondary N) is 1. The number of imidazole rings is 1. The highest BCUT2D eigenvalue weighted by atomic mass is 35.5. The van der Waals surface area contributed by atoms with Gasteiger partial charge in [0.05, 0.1) is 33.8 Å². The van der Waals surface area contributed by atoms with E-state index in [0.29, 0.717) is 33.4 Å². The van der Waals surface area contributed by atoms with Gasteiger partial charge in [0.2, 0.25) is 5.91 Å². The molecule has 8 nitrogen and oxygen atoms in total. The van der Waals surface area contributed by atoms with Gasteiger partial charge < -0.3 is 15.8 Å². The molecule has 1 atom stereocenters. The summed E-state index contributed by atoms with van der Waals surface area (Å²) in [6.07, 6.45) is 4.32. The first-order chi connectivity index (χ1) is 18.2. The van der Waals surface area contributed by atoms with Crippen LogP contribution < -0.4 is 15.8 Å². The smallest absolute Gasteiger partial charge is 0.222 e. The molecule has 0 unspecified atom stereocenters. The number of halogens is 1. The molecule has 11 heteroatoms. The Morgan fingerprint density at radius 2 is 1.92 bits per heavy atom. The third-order valence-electron chi connectivity index (χ3n) is 5.98. The Bertz CT molecular complexity index is 1620. The van der Waals surface area contributed by atoms with Crippen LogP contribution in [0.4, 0.5) is 0 Å². The second-order valence-electron chi connectivity index (χ2n) is 10.7. The lowest BCUT2D eigenvalue weighted by atomic mass is 10.1. The van der Waals surface area contributed by atoms with Crippen LogP contribution in [0.25, 0.3) is 16.2 Å². The lowest BCUT2D eigenvalue weighted by Gasteiger charge is -2.21. The number of amides is 1. The zero-order valence-electron chi connectivity index (χ0n) is 22.6. The number of primary amides is 1. The van der Waals surface area contributed by atoms with Crippen molar-refractivity contribution in [1.29, 1.82) is 0 Å². The van der Waals surface area contributed by atoms with E-state index in [1.807, 2.05) is 35.6 Å². The van der Waals surface area contributed by atoms with Crippen LogP contribution in [-0.2, 0) is 33.4 Å². The standard InChI is InChI=1S/C28H33ClN4O4S2/c1-17(20-8-6-18(10-21(20)29)13-32-28(2,3)4)37-23-11-24(38-25(23)12-26(30)34)22-14-31-27-9-7-19(15-33(22)27)16-39(5,35)36/h6-11,14-15,17,32H,12-13,16H2,1-5H3,(H2,30,34)/t17-/m1/s1. The number of hydrogen-bond donors (Lipinski definition) is 2. The molecule has 0 saturated heterocycles. The molecule has 0 aliphatic rings. The summed E-state index contributed by atoms with van der Waals surface area (Å²) in [5, 5.41) is 4.05. The number of sulfone groups is 1. The Morgan fingerprint density at radius 1 is 1.21 bits per heavy atom. The molecule has 0 bridgehead atoms. The normalized spacial score (nSPS) is 13.1. The van der Waals surface area contributed by atoms with E-state index in [9.17, 15) is 13.2 Å². The lowest BCUT2D eigenvalue weighted by molar-refractivity contribution is -0.117. The maximum Gasteiger partial charge on any atom is 0.222 e. The first-order valence-electron chi connectivity index (χ1n) is 12.4. The molecule has 1 aromatic carbocycles. The number of fused-ring (bicyclic) bond motifs is 1. The first-order valence-corrected chi connectivity index (χ1v) is 15.7. The van der Waals surface area contributed by atoms with Crippen LogP contribution in [0.3, 0.4) is 0 Å². The van der Waals surface area contributed by atoms with Gasteiger partial charge in [-0.1, -0.05) is 29.8 Å². The molecule has 3 heterocycles. The fourth-order valence-corrected chi connectivity index (χ4v) is 6.39. The van der Waals surface area contributed by atoms with Gasteiger partial charge in [-0.2, -0.15) is 0 Å². The summed E-state index contributed by atoms with van der Waals surface area (Å²) in [4.78, 5) is 17.8. The summed E-state index contributed by atoms with van der Waals surface area (Å²) in [5.74, 6) is -0.00314. The molecule has 3 aromatic heterocycles. The van der Waals surface area contributed by atoms with Crippen molar-refractivity contribution in [1.82, 2.24) is 14.7 Å². The van der Waals surface area contributed by atoms with Crippen molar-refractivity contribution in [3.63, 3.8) is 0 Å². The predicted octanol–water partition coefficient (Wildman–Crippen LogP) is 5.32. The van der Waals surface area contributed by atoms with Gasteiger partial charge in [-0.3, -0.25) is 9.20 Å². The highest BCUT2D eigenvalue weighted by Gasteiger charge is 2.21. The summed E-state index contributed by atoms with van der Waals surface area (Å²) in [5.41, 5.74) is 9.52. The van der Waals surface area contributed by atoms with Crippen LogP contribution in [0.5, 0.6) is 5.75 Å². The topological polar surface area (TPSA) is 116 Å². The van der Waals surface area contributed by atoms with Crippen molar-refractivity contribution in [3.8, 4) is 16.3 Å². The number of benzene rings is 1. The summed E-state index contributed by atoms with van der Waals surface area (Å²) in [6, 6.07) is 11.3. The van der Waals surface area contributed by atoms with Crippen molar-refractivity contribution < 1.29 is 17.9 Å². The molecule has 0 spiro atoms. The molecule has 4 rings (SSSR count). The number of pyridine rings is 1. The van der Waals surface area contributed by atoms with E-state index in [2.05, 4.69) is 31.1 Å². The number of nitrogens with two attached hydrogens (primary N) is 1. The van der Waals surface area contributed by atoms with E-state index in [1.165, 1.54) is 17.6 Å². The fourth-order valence-electron chi connectivity index (χ4n) is 4.15. The molecule has 4 aromatic rings. The van der Waals surface area contributed by atoms with Gasteiger partial charge in [-0.15, -0.1) is 11.3 Å². The summed E-state index contributed by atoms with van der Waals surface area (Å²) in [7, 11) is -3.20. The van der Waals surface area contributed by atoms with Gasteiger partial charge in [0.25, 0.3) is 0 Å². The van der Waals surface area contributed by atoms with Gasteiger partial charge >= 0.3 is 0 Å². The quantitative estimate of drug-likeness (QED) is 0.259. The molecule has 208 valence electrons. The Morgan fingerprint density at radius 3 is 2.56 bits per heavy atom. The molecule has 39 heavy (non-hydrogen) atoms. The van der Waals surface area contributed by atoms with Crippen LogP contribution >= 0.6 is 22.9 Å². The predicted molar refractivity (Wildman–Crippen MR) is 157 cm³/mol. The SMILES string of the molecule is C[C@@H](Oc1cc(-c2cnc3ccc(CS(C)(=O)=O)cn23)sc1CC(N)=O)c1ccc(CNC(C)(C)C)cc1Cl. The summed E-state index contributed by atoms with van der Waals surface area (Å²) in [6.45, 7) is 8.93. The molecule has 0 saturated carbocycles. The lowest BCUT2D eigenvalue weighted by Crippen LogP contribution is -2.35. The van der Waals surface area contributed by atoms with Gasteiger partial charge in [-0.25, -0.2) is 13.4 Å². The number of thiophene rings is 1. The number of carbonyl (C=O) groups is 1. The third-order valence-corrected chi connectivity index (χ3v) is 8.31. The van der Waals surface area contributed by atoms with Crippen molar-refractivity contribution >= 4 is 44.3 Å². The van der Waals surface area contributed by atoms with Gasteiger partial charge in [-0.05, 0) is 51.0 Å². The average Bonchev–Trinajstić information content (AvgIpc) is 3.39. The Kier molecular flexibility index (Phi) is 8.41. The maximum atomic E-state index is 11.9. The number of rotatable bonds is 10. The minimum atomic E-state index is -3.20. The van der Waals surface area contributed by atoms with Crippen molar-refractivity contribution in [2.75, 3.05) is 6.26 Å². The van der Waals surface area contributed by atoms with Gasteiger partial charge in [0.1, 0.15) is 17.5 Å². The largest absolute Gasteiger partial charge is 0.485 e. The molecule has 0 radical (unpaired) electrons. The van der Waals surface area contributed by atoms with Crippen LogP contribution in [0.15, 0.2) is 48.8 Å². The monoisotopic (exact) mass is 588 g/mol. The van der Waals surface area contributed by atoms with Crippen LogP contribution in [0.1, 0.15) is 55.4 Å². The zero-order chi connectivity index (χ0) is 28.5. The molecule has 0 aliphatic heterocycles. The number of carbonyl (C=O) groups excluding carboxylic acids is 1. The number of ether oxygens (including phenoxy) is 1. The van der Waals surface area contributed by atoms with Crippen LogP contribution in [0, 0.1) is 0 Å². The maximum absolute atomic E-state index is 11.9. The summed E-state index contributed by atoms with van der Waals surface area (Å²) >= 11 is 8.03. The molecule has 0 fully saturated rings. The molecule has 0 aliphatic carbocycles. The third kappa shape index (κ3) is 7.60. The van der Waals surface area contributed by atoms with E-state index >= 15 is 0 Å². The first kappa shape index (κ1) is 29.1. The minimum Gasteiger partial charge on any atom is -0.485 e. The van der Waals surface area contributed by atoms with Crippen molar-refractivity contribution in [2.24, 2.45) is 5.73 Å². The fraction of sp³-hybridized carbons (Fsp3) is 0.357. The van der Waals surface area contributed by atoms with Gasteiger partial charge in [0.15, 0.2) is 9.84 Å². The Balaban J connectivity index is 1.63. The zero-order valence-corrected chi connectivity index (χ0v) is 25.0. The number of hydrogen-bond acceptors (Lipinski definition) is 7. The molecular formula is C28H33ClN4O4S2. The van der Waals surface area contributed by atoms with Crippen molar-refractivity contribution in [2.45, 2.75) is 58.1 Å². The van der Waals surface area contributed by atoms with Gasteiger partial charge in [0, 0.05) is 41.2 Å². The number of nitrogens with zero attached hydrogens (tertiary/aromatic N) is 2. The Hall–Kier alpha value is -2.92. The molecule has 1 amide bonds. The second kappa shape index (κ2) is 11.3. The van der Waals surface area contributed by atoms with Crippen molar-refractivity contribution in [3.05, 3.63) is 75.4 Å². The van der Waals surface area contributed by atoms with E-state index < -0.39 is 15.7 Å². The average molecular weight is 589 g/mol. The van der Waals surface area contributed by atoms with E-state index in [1.54, 1.807) is 24.5 Å². The molecule has 3 N–H and O–H groups in total. The van der Waals surface area contributed by atoms with E-state index in [-0.39, 0.29) is 23.8 Å². The number of aromatic nitrogens is 2. The highest BCUT2D eigenvalue weighted by Crippen LogP contribution is 2.39. The summed E-state index contributed by atoms with van der Waals surface area (Å²) < 4.78 is 31.8. The second-order valence-corrected chi connectivity index (χ2v) is 14.4. The van der Waals surface area contributed by atoms with Crippen LogP contribution in [-0.4, -0.2) is 35.5 Å². The Labute approximate surface area is 238 Å². The molecular weight excluding hydrogens is 556 g/mol. The minimum absolute atomic E-state index is 0.00879.